The van der Waals surface area contributed by atoms with Gasteiger partial charge in [0.05, 0.1) is 0 Å². The number of halogens is 1. The van der Waals surface area contributed by atoms with Crippen molar-refractivity contribution in [3.8, 4) is 0 Å². The molecule has 0 aliphatic heterocycles. The van der Waals surface area contributed by atoms with Crippen LogP contribution in [0.2, 0.25) is 0 Å². The molecule has 88 valence electrons. The van der Waals surface area contributed by atoms with E-state index >= 15 is 0 Å². The monoisotopic (exact) mass is 244 g/mol. The summed E-state index contributed by atoms with van der Waals surface area (Å²) in [6, 6.07) is 5.84. The highest BCUT2D eigenvalue weighted by molar-refractivity contribution is 7.92. The summed E-state index contributed by atoms with van der Waals surface area (Å²) in [5.41, 5.74) is 0.225. The molecule has 0 N–H and O–H groups in total. The highest BCUT2D eigenvalue weighted by atomic mass is 32.2. The van der Waals surface area contributed by atoms with Gasteiger partial charge in [0.2, 0.25) is 0 Å². The van der Waals surface area contributed by atoms with E-state index < -0.39 is 26.7 Å². The zero-order chi connectivity index (χ0) is 12.3. The van der Waals surface area contributed by atoms with Gasteiger partial charge in [0.15, 0.2) is 15.6 Å². The molecule has 0 spiro atoms. The molecular weight excluding hydrogens is 231 g/mol. The third kappa shape index (κ3) is 3.13. The first-order chi connectivity index (χ1) is 7.32. The summed E-state index contributed by atoms with van der Waals surface area (Å²) >= 11 is 0. The van der Waals surface area contributed by atoms with E-state index in [0.29, 0.717) is 0 Å². The maximum absolute atomic E-state index is 13.2. The van der Waals surface area contributed by atoms with Gasteiger partial charge in [-0.25, -0.2) is 12.8 Å². The van der Waals surface area contributed by atoms with Gasteiger partial charge in [-0.2, -0.15) is 0 Å². The Balaban J connectivity index is 2.84. The van der Waals surface area contributed by atoms with E-state index in [1.54, 1.807) is 6.07 Å². The van der Waals surface area contributed by atoms with Crippen LogP contribution in [0.3, 0.4) is 0 Å². The van der Waals surface area contributed by atoms with Crippen LogP contribution in [0.15, 0.2) is 24.3 Å². The number of carbonyl (C=O) groups excluding carboxylic acids is 1. The van der Waals surface area contributed by atoms with Gasteiger partial charge < -0.3 is 0 Å². The lowest BCUT2D eigenvalue weighted by Gasteiger charge is -2.08. The molecule has 0 bridgehead atoms. The molecule has 0 aromatic heterocycles. The maximum atomic E-state index is 13.2. The Kier molecular flexibility index (Phi) is 3.80. The van der Waals surface area contributed by atoms with E-state index in [1.165, 1.54) is 25.1 Å². The molecule has 0 heterocycles. The van der Waals surface area contributed by atoms with Crippen LogP contribution in [0.5, 0.6) is 0 Å². The van der Waals surface area contributed by atoms with Crippen LogP contribution in [-0.2, 0) is 21.1 Å². The average Bonchev–Trinajstić information content (AvgIpc) is 2.19. The van der Waals surface area contributed by atoms with Crippen LogP contribution in [0, 0.1) is 5.82 Å². The summed E-state index contributed by atoms with van der Waals surface area (Å²) in [4.78, 5) is 11.6. The van der Waals surface area contributed by atoms with Gasteiger partial charge in [-0.1, -0.05) is 18.2 Å². The predicted molar refractivity (Wildman–Crippen MR) is 59.4 cm³/mol. The normalized spacial score (nSPS) is 13.4. The van der Waals surface area contributed by atoms with Crippen LogP contribution in [-0.4, -0.2) is 25.7 Å². The first kappa shape index (κ1) is 12.8. The molecule has 0 aliphatic rings. The van der Waals surface area contributed by atoms with Crippen molar-refractivity contribution in [2.75, 3.05) is 6.26 Å². The van der Waals surface area contributed by atoms with E-state index in [9.17, 15) is 17.6 Å². The fourth-order valence-electron chi connectivity index (χ4n) is 1.21. The first-order valence-electron chi connectivity index (χ1n) is 4.77. The lowest BCUT2D eigenvalue weighted by atomic mass is 10.1. The SMILES string of the molecule is CC(C(=O)Cc1ccccc1F)S(C)(=O)=O. The molecule has 0 amide bonds. The summed E-state index contributed by atoms with van der Waals surface area (Å²) < 4.78 is 35.5. The van der Waals surface area contributed by atoms with Crippen molar-refractivity contribution >= 4 is 15.6 Å². The van der Waals surface area contributed by atoms with Gasteiger partial charge in [-0.05, 0) is 18.6 Å². The van der Waals surface area contributed by atoms with E-state index in [2.05, 4.69) is 0 Å². The van der Waals surface area contributed by atoms with Gasteiger partial charge in [-0.15, -0.1) is 0 Å². The Morgan fingerprint density at radius 3 is 2.44 bits per heavy atom. The molecule has 0 saturated heterocycles. The highest BCUT2D eigenvalue weighted by Crippen LogP contribution is 2.10. The molecule has 5 heteroatoms. The van der Waals surface area contributed by atoms with Crippen LogP contribution in [0.25, 0.3) is 0 Å². The minimum Gasteiger partial charge on any atom is -0.298 e. The van der Waals surface area contributed by atoms with Crippen molar-refractivity contribution in [3.63, 3.8) is 0 Å². The summed E-state index contributed by atoms with van der Waals surface area (Å²) in [6.45, 7) is 1.32. The molecule has 1 aromatic rings. The molecule has 16 heavy (non-hydrogen) atoms. The topological polar surface area (TPSA) is 51.2 Å². The number of benzene rings is 1. The van der Waals surface area contributed by atoms with E-state index in [0.717, 1.165) is 6.26 Å². The minimum absolute atomic E-state index is 0.194. The van der Waals surface area contributed by atoms with Crippen molar-refractivity contribution in [2.45, 2.75) is 18.6 Å². The molecule has 1 unspecified atom stereocenters. The Morgan fingerprint density at radius 2 is 1.94 bits per heavy atom. The fraction of sp³-hybridized carbons (Fsp3) is 0.364. The number of rotatable bonds is 4. The third-order valence-electron chi connectivity index (χ3n) is 2.42. The van der Waals surface area contributed by atoms with Gasteiger partial charge in [0.1, 0.15) is 11.1 Å². The smallest absolute Gasteiger partial charge is 0.157 e. The Labute approximate surface area is 94.2 Å². The zero-order valence-electron chi connectivity index (χ0n) is 9.10. The second kappa shape index (κ2) is 4.74. The van der Waals surface area contributed by atoms with Crippen LogP contribution < -0.4 is 0 Å². The molecule has 0 fully saturated rings. The van der Waals surface area contributed by atoms with Gasteiger partial charge in [0.25, 0.3) is 0 Å². The molecule has 0 aliphatic carbocycles. The highest BCUT2D eigenvalue weighted by Gasteiger charge is 2.23. The van der Waals surface area contributed by atoms with E-state index in [1.807, 2.05) is 0 Å². The van der Waals surface area contributed by atoms with Crippen LogP contribution in [0.1, 0.15) is 12.5 Å². The van der Waals surface area contributed by atoms with Crippen molar-refractivity contribution in [3.05, 3.63) is 35.6 Å². The number of ketones is 1. The average molecular weight is 244 g/mol. The van der Waals surface area contributed by atoms with Crippen molar-refractivity contribution < 1.29 is 17.6 Å². The molecular formula is C11H13FO3S. The lowest BCUT2D eigenvalue weighted by Crippen LogP contribution is -2.27. The predicted octanol–water partition coefficient (Wildman–Crippen LogP) is 1.37. The number of sulfone groups is 1. The molecule has 1 rings (SSSR count). The number of Topliss-reactive ketones (excluding diaryl/α,β-unsaturated/α-hetero) is 1. The molecule has 3 nitrogen and oxygen atoms in total. The van der Waals surface area contributed by atoms with Crippen molar-refractivity contribution in [1.82, 2.24) is 0 Å². The largest absolute Gasteiger partial charge is 0.298 e. The summed E-state index contributed by atoms with van der Waals surface area (Å²) in [6.07, 6.45) is 0.803. The maximum Gasteiger partial charge on any atom is 0.157 e. The fourth-order valence-corrected chi connectivity index (χ4v) is 1.77. The van der Waals surface area contributed by atoms with Crippen LogP contribution >= 0.6 is 0 Å². The summed E-state index contributed by atoms with van der Waals surface area (Å²) in [5, 5.41) is -1.09. The third-order valence-corrected chi connectivity index (χ3v) is 3.97. The van der Waals surface area contributed by atoms with Gasteiger partial charge in [0, 0.05) is 12.7 Å². The summed E-state index contributed by atoms with van der Waals surface area (Å²) in [5.74, 6) is -0.982. The molecule has 0 radical (unpaired) electrons. The van der Waals surface area contributed by atoms with Gasteiger partial charge in [-0.3, -0.25) is 4.79 Å². The standard InChI is InChI=1S/C11H13FO3S/c1-8(16(2,14)15)11(13)7-9-5-3-4-6-10(9)12/h3-6,8H,7H2,1-2H3. The molecule has 1 aromatic carbocycles. The van der Waals surface area contributed by atoms with Crippen molar-refractivity contribution in [2.24, 2.45) is 0 Å². The molecule has 0 saturated carbocycles. The van der Waals surface area contributed by atoms with Gasteiger partial charge >= 0.3 is 0 Å². The molecule has 1 atom stereocenters. The Hall–Kier alpha value is -1.23. The zero-order valence-corrected chi connectivity index (χ0v) is 9.92. The summed E-state index contributed by atoms with van der Waals surface area (Å²) in [7, 11) is -3.41. The first-order valence-corrected chi connectivity index (χ1v) is 6.73. The minimum atomic E-state index is -3.41. The number of hydrogen-bond donors (Lipinski definition) is 0. The van der Waals surface area contributed by atoms with E-state index in [4.69, 9.17) is 0 Å². The Morgan fingerprint density at radius 1 is 1.38 bits per heavy atom. The number of hydrogen-bond acceptors (Lipinski definition) is 3. The second-order valence-corrected chi connectivity index (χ2v) is 6.07. The Bertz CT molecular complexity index is 494. The number of carbonyl (C=O) groups is 1. The van der Waals surface area contributed by atoms with Crippen molar-refractivity contribution in [1.29, 1.82) is 0 Å². The van der Waals surface area contributed by atoms with Crippen LogP contribution in [0.4, 0.5) is 4.39 Å². The second-order valence-electron chi connectivity index (χ2n) is 3.71. The quantitative estimate of drug-likeness (QED) is 0.803. The lowest BCUT2D eigenvalue weighted by molar-refractivity contribution is -0.117. The van der Waals surface area contributed by atoms with E-state index in [-0.39, 0.29) is 12.0 Å².